The van der Waals surface area contributed by atoms with Crippen LogP contribution in [0.2, 0.25) is 0 Å². The molecule has 1 rings (SSSR count). The van der Waals surface area contributed by atoms with Gasteiger partial charge in [-0.05, 0) is 24.8 Å². The quantitative estimate of drug-likeness (QED) is 0.480. The minimum absolute atomic E-state index is 0.353. The SMILES string of the molecule is CCc1c(O)c(O)c([N+](=O)[O-])c(CC)c1CC. The zero-order valence-electron chi connectivity index (χ0n) is 10.3. The van der Waals surface area contributed by atoms with Crippen molar-refractivity contribution < 1.29 is 15.1 Å². The van der Waals surface area contributed by atoms with Gasteiger partial charge in [-0.3, -0.25) is 10.1 Å². The molecule has 0 unspecified atom stereocenters. The maximum absolute atomic E-state index is 11.0. The summed E-state index contributed by atoms with van der Waals surface area (Å²) in [5.41, 5.74) is 1.54. The molecule has 0 heterocycles. The van der Waals surface area contributed by atoms with E-state index in [1.807, 2.05) is 13.8 Å². The second-order valence-corrected chi connectivity index (χ2v) is 3.80. The Balaban J connectivity index is 3.74. The lowest BCUT2D eigenvalue weighted by molar-refractivity contribution is -0.386. The van der Waals surface area contributed by atoms with E-state index in [1.54, 1.807) is 6.92 Å². The number of hydrogen-bond donors (Lipinski definition) is 2. The van der Waals surface area contributed by atoms with E-state index in [4.69, 9.17) is 0 Å². The Kier molecular flexibility index (Phi) is 3.93. The van der Waals surface area contributed by atoms with Gasteiger partial charge in [0.25, 0.3) is 0 Å². The first-order valence-corrected chi connectivity index (χ1v) is 5.72. The Morgan fingerprint density at radius 1 is 0.941 bits per heavy atom. The van der Waals surface area contributed by atoms with Crippen LogP contribution in [0.1, 0.15) is 37.5 Å². The van der Waals surface area contributed by atoms with Crippen molar-refractivity contribution in [2.75, 3.05) is 0 Å². The minimum atomic E-state index is -0.632. The first-order chi connectivity index (χ1) is 7.99. The van der Waals surface area contributed by atoms with Gasteiger partial charge in [0.2, 0.25) is 5.75 Å². The number of phenols is 2. The molecule has 0 aromatic heterocycles. The lowest BCUT2D eigenvalue weighted by Crippen LogP contribution is -2.04. The molecule has 94 valence electrons. The zero-order valence-corrected chi connectivity index (χ0v) is 10.3. The van der Waals surface area contributed by atoms with E-state index in [-0.39, 0.29) is 11.4 Å². The molecule has 5 nitrogen and oxygen atoms in total. The van der Waals surface area contributed by atoms with Crippen molar-refractivity contribution in [1.29, 1.82) is 0 Å². The van der Waals surface area contributed by atoms with Crippen molar-refractivity contribution >= 4 is 5.69 Å². The van der Waals surface area contributed by atoms with Crippen LogP contribution in [0.15, 0.2) is 0 Å². The zero-order chi connectivity index (χ0) is 13.2. The minimum Gasteiger partial charge on any atom is -0.504 e. The van der Waals surface area contributed by atoms with E-state index in [9.17, 15) is 20.3 Å². The molecule has 0 aliphatic heterocycles. The van der Waals surface area contributed by atoms with Crippen LogP contribution in [-0.2, 0) is 19.3 Å². The van der Waals surface area contributed by atoms with Gasteiger partial charge >= 0.3 is 5.69 Å². The molecule has 2 N–H and O–H groups in total. The van der Waals surface area contributed by atoms with Crippen LogP contribution in [0.5, 0.6) is 11.5 Å². The predicted molar refractivity (Wildman–Crippen MR) is 64.6 cm³/mol. The molecule has 0 spiro atoms. The maximum Gasteiger partial charge on any atom is 0.318 e. The van der Waals surface area contributed by atoms with Gasteiger partial charge in [0.1, 0.15) is 0 Å². The fraction of sp³-hybridized carbons (Fsp3) is 0.500. The summed E-state index contributed by atoms with van der Waals surface area (Å²) in [6.45, 7) is 5.53. The average Bonchev–Trinajstić information content (AvgIpc) is 2.30. The van der Waals surface area contributed by atoms with Crippen molar-refractivity contribution in [2.45, 2.75) is 40.0 Å². The van der Waals surface area contributed by atoms with Gasteiger partial charge < -0.3 is 10.2 Å². The molecule has 0 bridgehead atoms. The molecule has 1 aromatic rings. The van der Waals surface area contributed by atoms with Gasteiger partial charge in [-0.15, -0.1) is 0 Å². The normalized spacial score (nSPS) is 10.5. The molecule has 0 aliphatic rings. The largest absolute Gasteiger partial charge is 0.504 e. The molecule has 0 atom stereocenters. The summed E-state index contributed by atoms with van der Waals surface area (Å²) >= 11 is 0. The molecule has 5 heteroatoms. The summed E-state index contributed by atoms with van der Waals surface area (Å²) in [5, 5.41) is 30.5. The average molecular weight is 239 g/mol. The number of phenolic OH excluding ortho intramolecular Hbond substituents is 2. The highest BCUT2D eigenvalue weighted by molar-refractivity contribution is 5.66. The lowest BCUT2D eigenvalue weighted by Gasteiger charge is -2.15. The summed E-state index contributed by atoms with van der Waals surface area (Å²) in [6.07, 6.45) is 1.59. The maximum atomic E-state index is 11.0. The van der Waals surface area contributed by atoms with Crippen LogP contribution in [-0.4, -0.2) is 15.1 Å². The number of nitro groups is 1. The van der Waals surface area contributed by atoms with E-state index >= 15 is 0 Å². The number of benzene rings is 1. The number of nitro benzene ring substituents is 1. The molecule has 0 radical (unpaired) electrons. The third-order valence-corrected chi connectivity index (χ3v) is 2.99. The number of nitrogens with zero attached hydrogens (tertiary/aromatic N) is 1. The van der Waals surface area contributed by atoms with Gasteiger partial charge in [-0.1, -0.05) is 20.8 Å². The fourth-order valence-corrected chi connectivity index (χ4v) is 2.25. The van der Waals surface area contributed by atoms with Crippen LogP contribution >= 0.6 is 0 Å². The molecular formula is C12H17NO4. The highest BCUT2D eigenvalue weighted by atomic mass is 16.6. The van der Waals surface area contributed by atoms with E-state index in [1.165, 1.54) is 0 Å². The third-order valence-electron chi connectivity index (χ3n) is 2.99. The number of aromatic hydroxyl groups is 2. The second-order valence-electron chi connectivity index (χ2n) is 3.80. The van der Waals surface area contributed by atoms with Gasteiger partial charge in [0.15, 0.2) is 5.75 Å². The van der Waals surface area contributed by atoms with E-state index in [0.29, 0.717) is 30.4 Å². The molecule has 0 saturated heterocycles. The van der Waals surface area contributed by atoms with Gasteiger partial charge in [-0.25, -0.2) is 0 Å². The van der Waals surface area contributed by atoms with E-state index < -0.39 is 10.7 Å². The third kappa shape index (κ3) is 2.05. The van der Waals surface area contributed by atoms with Crippen molar-refractivity contribution in [3.05, 3.63) is 26.8 Å². The smallest absolute Gasteiger partial charge is 0.318 e. The Morgan fingerprint density at radius 3 is 1.76 bits per heavy atom. The molecular weight excluding hydrogens is 222 g/mol. The second kappa shape index (κ2) is 5.03. The first-order valence-electron chi connectivity index (χ1n) is 5.72. The van der Waals surface area contributed by atoms with E-state index in [0.717, 1.165) is 5.56 Å². The predicted octanol–water partition coefficient (Wildman–Crippen LogP) is 2.69. The number of hydrogen-bond acceptors (Lipinski definition) is 4. The topological polar surface area (TPSA) is 83.6 Å². The van der Waals surface area contributed by atoms with Crippen molar-refractivity contribution in [2.24, 2.45) is 0 Å². The Labute approximate surface area is 99.9 Å². The monoisotopic (exact) mass is 239 g/mol. The van der Waals surface area contributed by atoms with Crippen LogP contribution in [0.3, 0.4) is 0 Å². The summed E-state index contributed by atoms with van der Waals surface area (Å²) in [7, 11) is 0. The molecule has 0 fully saturated rings. The Bertz CT molecular complexity index is 455. The van der Waals surface area contributed by atoms with Crippen LogP contribution in [0, 0.1) is 10.1 Å². The van der Waals surface area contributed by atoms with Crippen molar-refractivity contribution in [3.63, 3.8) is 0 Å². The van der Waals surface area contributed by atoms with Gasteiger partial charge in [0, 0.05) is 11.1 Å². The van der Waals surface area contributed by atoms with Crippen molar-refractivity contribution in [1.82, 2.24) is 0 Å². The van der Waals surface area contributed by atoms with Crippen LogP contribution < -0.4 is 0 Å². The first kappa shape index (κ1) is 13.3. The number of rotatable bonds is 4. The van der Waals surface area contributed by atoms with Crippen LogP contribution in [0.25, 0.3) is 0 Å². The lowest BCUT2D eigenvalue weighted by atomic mass is 9.92. The molecule has 1 aromatic carbocycles. The highest BCUT2D eigenvalue weighted by Crippen LogP contribution is 2.44. The summed E-state index contributed by atoms with van der Waals surface area (Å²) in [5.74, 6) is -0.964. The van der Waals surface area contributed by atoms with E-state index in [2.05, 4.69) is 0 Å². The highest BCUT2D eigenvalue weighted by Gasteiger charge is 2.28. The molecule has 17 heavy (non-hydrogen) atoms. The summed E-state index contributed by atoms with van der Waals surface area (Å²) < 4.78 is 0. The Morgan fingerprint density at radius 2 is 1.41 bits per heavy atom. The fourth-order valence-electron chi connectivity index (χ4n) is 2.25. The summed E-state index contributed by atoms with van der Waals surface area (Å²) in [4.78, 5) is 10.3. The molecule has 0 aliphatic carbocycles. The summed E-state index contributed by atoms with van der Waals surface area (Å²) in [6, 6.07) is 0. The van der Waals surface area contributed by atoms with Crippen LogP contribution in [0.4, 0.5) is 5.69 Å². The van der Waals surface area contributed by atoms with Gasteiger partial charge in [0.05, 0.1) is 4.92 Å². The molecule has 0 amide bonds. The standard InChI is InChI=1S/C12H17NO4/c1-4-7-8(5-2)10(13(16)17)12(15)11(14)9(7)6-3/h14-15H,4-6H2,1-3H3. The Hall–Kier alpha value is -1.78. The molecule has 0 saturated carbocycles. The van der Waals surface area contributed by atoms with Gasteiger partial charge in [-0.2, -0.15) is 0 Å². The van der Waals surface area contributed by atoms with Crippen molar-refractivity contribution in [3.8, 4) is 11.5 Å².